The summed E-state index contributed by atoms with van der Waals surface area (Å²) in [4.78, 5) is 0. The average Bonchev–Trinajstić information content (AvgIpc) is 1.86. The van der Waals surface area contributed by atoms with E-state index in [0.29, 0.717) is 12.1 Å². The minimum absolute atomic E-state index is 0.370. The maximum Gasteiger partial charge on any atom is 0.103 e. The lowest BCUT2D eigenvalue weighted by Gasteiger charge is -2.20. The third-order valence-corrected chi connectivity index (χ3v) is 1.67. The van der Waals surface area contributed by atoms with E-state index in [9.17, 15) is 5.11 Å². The van der Waals surface area contributed by atoms with Gasteiger partial charge < -0.3 is 10.3 Å². The molecule has 0 saturated heterocycles. The Balaban J connectivity index is 4.10. The van der Waals surface area contributed by atoms with E-state index in [2.05, 4.69) is 5.16 Å². The number of aliphatic hydroxyl groups is 1. The summed E-state index contributed by atoms with van der Waals surface area (Å²) in [6, 6.07) is 0. The van der Waals surface area contributed by atoms with Crippen molar-refractivity contribution in [2.24, 2.45) is 5.16 Å². The minimum Gasteiger partial charge on any atom is -0.411 e. The second kappa shape index (κ2) is 3.56. The van der Waals surface area contributed by atoms with E-state index in [1.54, 1.807) is 13.8 Å². The van der Waals surface area contributed by atoms with Gasteiger partial charge in [0, 0.05) is 0 Å². The summed E-state index contributed by atoms with van der Waals surface area (Å²) >= 11 is 0. The highest BCUT2D eigenvalue weighted by atomic mass is 16.4. The molecule has 2 N–H and O–H groups in total. The molecule has 0 aromatic carbocycles. The summed E-state index contributed by atoms with van der Waals surface area (Å²) < 4.78 is 0. The van der Waals surface area contributed by atoms with Crippen molar-refractivity contribution in [1.29, 1.82) is 0 Å². The Morgan fingerprint density at radius 2 is 2.10 bits per heavy atom. The van der Waals surface area contributed by atoms with Crippen LogP contribution in [-0.4, -0.2) is 21.6 Å². The molecule has 0 aliphatic heterocycles. The van der Waals surface area contributed by atoms with Crippen LogP contribution in [0.2, 0.25) is 0 Å². The smallest absolute Gasteiger partial charge is 0.103 e. The fourth-order valence-electron chi connectivity index (χ4n) is 0.775. The van der Waals surface area contributed by atoms with Crippen LogP contribution in [-0.2, 0) is 0 Å². The van der Waals surface area contributed by atoms with Crippen LogP contribution < -0.4 is 0 Å². The van der Waals surface area contributed by atoms with Gasteiger partial charge in [-0.2, -0.15) is 0 Å². The van der Waals surface area contributed by atoms with Crippen LogP contribution in [0.15, 0.2) is 5.16 Å². The molecule has 0 aliphatic rings. The maximum absolute atomic E-state index is 9.49. The van der Waals surface area contributed by atoms with Gasteiger partial charge in [-0.3, -0.25) is 0 Å². The number of rotatable bonds is 3. The van der Waals surface area contributed by atoms with E-state index < -0.39 is 5.60 Å². The summed E-state index contributed by atoms with van der Waals surface area (Å²) in [7, 11) is 0. The van der Waals surface area contributed by atoms with E-state index in [1.807, 2.05) is 6.92 Å². The van der Waals surface area contributed by atoms with Gasteiger partial charge in [0.15, 0.2) is 0 Å². The fraction of sp³-hybridized carbons (Fsp3) is 0.857. The molecule has 0 unspecified atom stereocenters. The van der Waals surface area contributed by atoms with Crippen molar-refractivity contribution in [2.45, 2.75) is 39.2 Å². The molecule has 0 rings (SSSR count). The van der Waals surface area contributed by atoms with Crippen molar-refractivity contribution in [3.63, 3.8) is 0 Å². The first-order valence-electron chi connectivity index (χ1n) is 3.46. The number of oxime groups is 1. The first-order chi connectivity index (χ1) is 4.54. The third kappa shape index (κ3) is 2.35. The van der Waals surface area contributed by atoms with Crippen LogP contribution in [0.5, 0.6) is 0 Å². The Morgan fingerprint density at radius 3 is 2.40 bits per heavy atom. The second-order valence-electron chi connectivity index (χ2n) is 2.71. The number of nitrogens with zero attached hydrogens (tertiary/aromatic N) is 1. The molecular formula is C7H15NO2. The summed E-state index contributed by atoms with van der Waals surface area (Å²) in [5.41, 5.74) is -0.571. The van der Waals surface area contributed by atoms with E-state index >= 15 is 0 Å². The molecule has 10 heavy (non-hydrogen) atoms. The Morgan fingerprint density at radius 1 is 1.60 bits per heavy atom. The van der Waals surface area contributed by atoms with Crippen LogP contribution in [0.1, 0.15) is 33.6 Å². The van der Waals surface area contributed by atoms with Crippen molar-refractivity contribution in [3.05, 3.63) is 0 Å². The lowest BCUT2D eigenvalue weighted by Crippen LogP contribution is -2.32. The average molecular weight is 145 g/mol. The highest BCUT2D eigenvalue weighted by Gasteiger charge is 2.22. The Kier molecular flexibility index (Phi) is 3.36. The summed E-state index contributed by atoms with van der Waals surface area (Å²) in [6.45, 7) is 5.22. The molecule has 0 radical (unpaired) electrons. The number of hydrogen-bond donors (Lipinski definition) is 2. The van der Waals surface area contributed by atoms with Crippen LogP contribution in [0, 0.1) is 0 Å². The van der Waals surface area contributed by atoms with Gasteiger partial charge in [0.25, 0.3) is 0 Å². The second-order valence-corrected chi connectivity index (χ2v) is 2.71. The van der Waals surface area contributed by atoms with Gasteiger partial charge in [0.05, 0.1) is 5.71 Å². The molecule has 0 aliphatic carbocycles. The van der Waals surface area contributed by atoms with Crippen molar-refractivity contribution in [1.82, 2.24) is 0 Å². The summed E-state index contributed by atoms with van der Waals surface area (Å²) in [6.07, 6.45) is 1.50. The lowest BCUT2D eigenvalue weighted by molar-refractivity contribution is 0.116. The van der Waals surface area contributed by atoms with Gasteiger partial charge in [0.1, 0.15) is 5.60 Å². The monoisotopic (exact) mass is 145 g/mol. The standard InChI is InChI=1S/C7H15NO2/c1-4-5-7(3,9)6(2)8-10/h9-10H,4-5H2,1-3H3/b8-6-/t7-/m1/s1. The zero-order chi connectivity index (χ0) is 8.20. The predicted molar refractivity (Wildman–Crippen MR) is 40.4 cm³/mol. The quantitative estimate of drug-likeness (QED) is 0.358. The minimum atomic E-state index is -0.941. The molecule has 3 nitrogen and oxygen atoms in total. The fourth-order valence-corrected chi connectivity index (χ4v) is 0.775. The van der Waals surface area contributed by atoms with Crippen molar-refractivity contribution in [2.75, 3.05) is 0 Å². The molecule has 0 amide bonds. The maximum atomic E-state index is 9.49. The van der Waals surface area contributed by atoms with Crippen molar-refractivity contribution < 1.29 is 10.3 Å². The Bertz CT molecular complexity index is 130. The predicted octanol–water partition coefficient (Wildman–Crippen LogP) is 1.39. The topological polar surface area (TPSA) is 52.8 Å². The molecular weight excluding hydrogens is 130 g/mol. The first kappa shape index (κ1) is 9.43. The van der Waals surface area contributed by atoms with Crippen LogP contribution >= 0.6 is 0 Å². The third-order valence-electron chi connectivity index (χ3n) is 1.67. The zero-order valence-corrected chi connectivity index (χ0v) is 6.76. The molecule has 0 spiro atoms. The molecule has 0 aromatic rings. The van der Waals surface area contributed by atoms with E-state index in [1.165, 1.54) is 0 Å². The van der Waals surface area contributed by atoms with Gasteiger partial charge in [-0.05, 0) is 20.3 Å². The zero-order valence-electron chi connectivity index (χ0n) is 6.76. The SMILES string of the molecule is CCC[C@@](C)(O)/C(C)=N\O. The molecule has 0 saturated carbocycles. The van der Waals surface area contributed by atoms with Crippen molar-refractivity contribution in [3.8, 4) is 0 Å². The van der Waals surface area contributed by atoms with Gasteiger partial charge in [-0.25, -0.2) is 0 Å². The Hall–Kier alpha value is -0.570. The van der Waals surface area contributed by atoms with Crippen LogP contribution in [0.25, 0.3) is 0 Å². The highest BCUT2D eigenvalue weighted by molar-refractivity contribution is 5.89. The van der Waals surface area contributed by atoms with E-state index in [-0.39, 0.29) is 0 Å². The van der Waals surface area contributed by atoms with E-state index in [0.717, 1.165) is 6.42 Å². The molecule has 60 valence electrons. The van der Waals surface area contributed by atoms with Gasteiger partial charge in [0.2, 0.25) is 0 Å². The van der Waals surface area contributed by atoms with E-state index in [4.69, 9.17) is 5.21 Å². The summed E-state index contributed by atoms with van der Waals surface area (Å²) in [5, 5.41) is 20.8. The first-order valence-corrected chi connectivity index (χ1v) is 3.46. The van der Waals surface area contributed by atoms with Crippen LogP contribution in [0.3, 0.4) is 0 Å². The van der Waals surface area contributed by atoms with Crippen LogP contribution in [0.4, 0.5) is 0 Å². The molecule has 0 bridgehead atoms. The van der Waals surface area contributed by atoms with Gasteiger partial charge in [-0.1, -0.05) is 18.5 Å². The molecule has 1 atom stereocenters. The normalized spacial score (nSPS) is 18.6. The largest absolute Gasteiger partial charge is 0.411 e. The summed E-state index contributed by atoms with van der Waals surface area (Å²) in [5.74, 6) is 0. The molecule has 0 fully saturated rings. The lowest BCUT2D eigenvalue weighted by atomic mass is 9.96. The van der Waals surface area contributed by atoms with Crippen molar-refractivity contribution >= 4 is 5.71 Å². The number of hydrogen-bond acceptors (Lipinski definition) is 3. The Labute approximate surface area is 61.4 Å². The highest BCUT2D eigenvalue weighted by Crippen LogP contribution is 2.13. The molecule has 3 heteroatoms. The van der Waals surface area contributed by atoms with Gasteiger partial charge in [-0.15, -0.1) is 0 Å². The van der Waals surface area contributed by atoms with Gasteiger partial charge >= 0.3 is 0 Å². The molecule has 0 aromatic heterocycles. The molecule has 0 heterocycles.